The second-order valence-electron chi connectivity index (χ2n) is 11.1. The number of oxime groups is 1. The average molecular weight is 416 g/mol. The van der Waals surface area contributed by atoms with Crippen molar-refractivity contribution in [1.82, 2.24) is 0 Å². The van der Waals surface area contributed by atoms with E-state index in [0.717, 1.165) is 37.5 Å². The summed E-state index contributed by atoms with van der Waals surface area (Å²) in [6.45, 7) is 11.2. The molecular weight excluding hydrogens is 378 g/mol. The Balaban J connectivity index is 1.84. The van der Waals surface area contributed by atoms with E-state index >= 15 is 0 Å². The molecule has 3 saturated carbocycles. The quantitative estimate of drug-likeness (QED) is 0.200. The van der Waals surface area contributed by atoms with Gasteiger partial charge in [0.05, 0.1) is 11.6 Å². The van der Waals surface area contributed by atoms with Crippen LogP contribution in [0.5, 0.6) is 0 Å². The van der Waals surface area contributed by atoms with E-state index in [1.165, 1.54) is 0 Å². The van der Waals surface area contributed by atoms with Gasteiger partial charge >= 0.3 is 5.97 Å². The lowest BCUT2D eigenvalue weighted by molar-refractivity contribution is -0.173. The molecule has 4 rings (SSSR count). The molecule has 0 aromatic rings. The van der Waals surface area contributed by atoms with Gasteiger partial charge in [-0.15, -0.1) is 0 Å². The number of rotatable bonds is 8. The first-order valence-corrected chi connectivity index (χ1v) is 11.8. The first-order valence-electron chi connectivity index (χ1n) is 11.8. The summed E-state index contributed by atoms with van der Waals surface area (Å²) in [4.78, 5) is 31.7. The summed E-state index contributed by atoms with van der Waals surface area (Å²) in [6.07, 6.45) is 9.41. The molecule has 3 fully saturated rings. The highest BCUT2D eigenvalue weighted by atomic mass is 16.6. The van der Waals surface area contributed by atoms with Gasteiger partial charge < -0.3 is 14.7 Å². The maximum atomic E-state index is 13.2. The van der Waals surface area contributed by atoms with E-state index in [1.807, 2.05) is 6.21 Å². The van der Waals surface area contributed by atoms with Crippen molar-refractivity contribution in [3.63, 3.8) is 0 Å². The minimum Gasteiger partial charge on any atom is -0.481 e. The van der Waals surface area contributed by atoms with E-state index in [9.17, 15) is 14.7 Å². The fourth-order valence-electron chi connectivity index (χ4n) is 7.96. The van der Waals surface area contributed by atoms with Gasteiger partial charge in [0.15, 0.2) is 0 Å². The summed E-state index contributed by atoms with van der Waals surface area (Å²) in [5, 5.41) is 15.2. The number of carboxylic acids is 1. The number of hydrogen-bond donors (Lipinski definition) is 1. The predicted octanol–water partition coefficient (Wildman–Crippen LogP) is 4.96. The van der Waals surface area contributed by atoms with Crippen molar-refractivity contribution in [1.29, 1.82) is 0 Å². The Bertz CT molecular complexity index is 786. The van der Waals surface area contributed by atoms with Crippen molar-refractivity contribution in [2.24, 2.45) is 56.9 Å². The van der Waals surface area contributed by atoms with Gasteiger partial charge in [-0.1, -0.05) is 57.8 Å². The van der Waals surface area contributed by atoms with Crippen LogP contribution in [0.4, 0.5) is 0 Å². The summed E-state index contributed by atoms with van der Waals surface area (Å²) in [5.74, 6) is 0.822. The monoisotopic (exact) mass is 415 g/mol. The van der Waals surface area contributed by atoms with Crippen LogP contribution in [0.2, 0.25) is 0 Å². The molecule has 166 valence electrons. The van der Waals surface area contributed by atoms with Gasteiger partial charge in [0.2, 0.25) is 0 Å². The van der Waals surface area contributed by atoms with Crippen LogP contribution in [-0.4, -0.2) is 30.2 Å². The number of aliphatic carboxylic acids is 1. The third kappa shape index (κ3) is 2.44. The second kappa shape index (κ2) is 7.20. The highest BCUT2D eigenvalue weighted by Gasteiger charge is 2.84. The van der Waals surface area contributed by atoms with Crippen molar-refractivity contribution >= 4 is 18.5 Å². The van der Waals surface area contributed by atoms with Crippen LogP contribution >= 0.6 is 0 Å². The highest BCUT2D eigenvalue weighted by molar-refractivity contribution is 5.96. The van der Waals surface area contributed by atoms with Crippen LogP contribution < -0.4 is 0 Å². The van der Waals surface area contributed by atoms with Crippen LogP contribution in [0, 0.1) is 51.8 Å². The van der Waals surface area contributed by atoms with Crippen LogP contribution in [0.3, 0.4) is 0 Å². The molecule has 30 heavy (non-hydrogen) atoms. The Morgan fingerprint density at radius 3 is 2.60 bits per heavy atom. The standard InChI is InChI=1S/C25H37NO4/c1-15(2)8-9-30-26-13-23-12-19-17(5)6-7-20(19)24(14-27)11-18(23)10-21(16(3)4)25(23,24)22(28)29/h10,13-20H,6-9,11-12H2,1-5H3,(H,28,29)/b26-13+/t17-,18?,19-,20-,23?,24+,25-/m1/s1. The van der Waals surface area contributed by atoms with Gasteiger partial charge in [-0.05, 0) is 61.2 Å². The molecule has 5 nitrogen and oxygen atoms in total. The molecule has 0 aliphatic heterocycles. The maximum absolute atomic E-state index is 13.2. The molecule has 0 aromatic heterocycles. The molecule has 0 amide bonds. The fraction of sp³-hybridized carbons (Fsp3) is 0.800. The summed E-state index contributed by atoms with van der Waals surface area (Å²) >= 11 is 0. The van der Waals surface area contributed by atoms with Crippen molar-refractivity contribution in [2.45, 2.75) is 66.7 Å². The molecule has 7 atom stereocenters. The molecular formula is C25H37NO4. The highest BCUT2D eigenvalue weighted by Crippen LogP contribution is 2.82. The molecule has 2 unspecified atom stereocenters. The summed E-state index contributed by atoms with van der Waals surface area (Å²) in [6, 6.07) is 0. The molecule has 0 spiro atoms. The zero-order valence-corrected chi connectivity index (χ0v) is 19.1. The fourth-order valence-corrected chi connectivity index (χ4v) is 7.96. The number of fused-ring (bicyclic) bond motifs is 2. The number of nitrogens with zero attached hydrogens (tertiary/aromatic N) is 1. The van der Waals surface area contributed by atoms with E-state index < -0.39 is 22.2 Å². The van der Waals surface area contributed by atoms with Crippen molar-refractivity contribution in [3.8, 4) is 0 Å². The number of allylic oxidation sites excluding steroid dienone is 1. The topological polar surface area (TPSA) is 76.0 Å². The van der Waals surface area contributed by atoms with E-state index in [4.69, 9.17) is 4.84 Å². The van der Waals surface area contributed by atoms with E-state index in [2.05, 4.69) is 45.9 Å². The number of carbonyl (C=O) groups excluding carboxylic acids is 1. The van der Waals surface area contributed by atoms with Gasteiger partial charge in [0, 0.05) is 5.41 Å². The predicted molar refractivity (Wildman–Crippen MR) is 116 cm³/mol. The zero-order chi connectivity index (χ0) is 21.9. The Morgan fingerprint density at radius 2 is 2.00 bits per heavy atom. The van der Waals surface area contributed by atoms with Gasteiger partial charge in [0.25, 0.3) is 0 Å². The molecule has 0 heterocycles. The largest absolute Gasteiger partial charge is 0.481 e. The van der Waals surface area contributed by atoms with Crippen molar-refractivity contribution in [3.05, 3.63) is 11.6 Å². The number of aldehydes is 1. The van der Waals surface area contributed by atoms with Gasteiger partial charge in [-0.25, -0.2) is 0 Å². The van der Waals surface area contributed by atoms with Crippen LogP contribution in [0.1, 0.15) is 66.7 Å². The number of carboxylic acid groups (broad SMARTS) is 1. The minimum absolute atomic E-state index is 0.0337. The zero-order valence-electron chi connectivity index (χ0n) is 19.1. The Kier molecular flexibility index (Phi) is 5.18. The smallest absolute Gasteiger partial charge is 0.315 e. The molecule has 4 aliphatic rings. The van der Waals surface area contributed by atoms with E-state index in [-0.39, 0.29) is 17.8 Å². The average Bonchev–Trinajstić information content (AvgIpc) is 3.24. The Morgan fingerprint density at radius 1 is 1.27 bits per heavy atom. The third-order valence-corrected chi connectivity index (χ3v) is 9.14. The molecule has 4 bridgehead atoms. The lowest BCUT2D eigenvalue weighted by atomic mass is 9.43. The molecule has 1 N–H and O–H groups in total. The molecule has 0 aromatic carbocycles. The SMILES string of the molecule is CC(C)CCO/N=C/C12C[C@@H]3[C@H](C)CC[C@H]3[C@@]3(C=O)CC1C=C(C(C)C)[C@@]23C(=O)O. The van der Waals surface area contributed by atoms with E-state index in [0.29, 0.717) is 30.8 Å². The normalized spacial score (nSPS) is 44.0. The maximum Gasteiger partial charge on any atom is 0.315 e. The molecule has 5 heteroatoms. The van der Waals surface area contributed by atoms with Gasteiger partial charge in [0.1, 0.15) is 18.3 Å². The minimum atomic E-state index is -1.20. The molecule has 0 radical (unpaired) electrons. The van der Waals surface area contributed by atoms with Crippen LogP contribution in [-0.2, 0) is 14.4 Å². The van der Waals surface area contributed by atoms with Gasteiger partial charge in [-0.2, -0.15) is 0 Å². The summed E-state index contributed by atoms with van der Waals surface area (Å²) < 4.78 is 0. The first-order chi connectivity index (χ1) is 14.2. The van der Waals surface area contributed by atoms with Crippen molar-refractivity contribution in [2.75, 3.05) is 6.61 Å². The Labute approximate surface area is 180 Å². The van der Waals surface area contributed by atoms with Crippen LogP contribution in [0.25, 0.3) is 0 Å². The molecule has 0 saturated heterocycles. The number of carbonyl (C=O) groups is 2. The number of hydrogen-bond acceptors (Lipinski definition) is 4. The van der Waals surface area contributed by atoms with E-state index in [1.54, 1.807) is 0 Å². The summed E-state index contributed by atoms with van der Waals surface area (Å²) in [7, 11) is 0. The second-order valence-corrected chi connectivity index (χ2v) is 11.1. The first kappa shape index (κ1) is 21.6. The van der Waals surface area contributed by atoms with Crippen molar-refractivity contribution < 1.29 is 19.5 Å². The Hall–Kier alpha value is -1.65. The van der Waals surface area contributed by atoms with Gasteiger partial charge in [-0.3, -0.25) is 4.79 Å². The summed E-state index contributed by atoms with van der Waals surface area (Å²) in [5.41, 5.74) is -1.77. The lowest BCUT2D eigenvalue weighted by Crippen LogP contribution is -2.63. The molecule has 4 aliphatic carbocycles. The third-order valence-electron chi connectivity index (χ3n) is 9.14. The lowest BCUT2D eigenvalue weighted by Gasteiger charge is -2.57. The van der Waals surface area contributed by atoms with Crippen LogP contribution in [0.15, 0.2) is 16.8 Å².